The molecule has 5 nitrogen and oxygen atoms in total. The average molecular weight is 277 g/mol. The van der Waals surface area contributed by atoms with Gasteiger partial charge in [0.25, 0.3) is 5.69 Å². The molecule has 0 aromatic heterocycles. The maximum atomic E-state index is 10.6. The smallest absolute Gasteiger partial charge is 0.269 e. The zero-order valence-electron chi connectivity index (χ0n) is 12.5. The van der Waals surface area contributed by atoms with Gasteiger partial charge in [-0.3, -0.25) is 15.0 Å². The van der Waals surface area contributed by atoms with Crippen LogP contribution in [0.4, 0.5) is 11.4 Å². The number of hydrogen-bond acceptors (Lipinski definition) is 4. The molecule has 1 aromatic carbocycles. The minimum absolute atomic E-state index is 0.153. The molecule has 0 aliphatic carbocycles. The van der Waals surface area contributed by atoms with Gasteiger partial charge in [0.2, 0.25) is 0 Å². The van der Waals surface area contributed by atoms with Gasteiger partial charge in [0.05, 0.1) is 4.92 Å². The van der Waals surface area contributed by atoms with Crippen LogP contribution in [0, 0.1) is 15.5 Å². The molecule has 110 valence electrons. The zero-order valence-corrected chi connectivity index (χ0v) is 12.5. The number of hydrogen-bond donors (Lipinski definition) is 0. The lowest BCUT2D eigenvalue weighted by atomic mass is 9.96. The monoisotopic (exact) mass is 277 g/mol. The molecule has 0 unspecified atom stereocenters. The van der Waals surface area contributed by atoms with Crippen molar-refractivity contribution < 1.29 is 4.92 Å². The molecule has 0 atom stereocenters. The number of piperazine rings is 1. The summed E-state index contributed by atoms with van der Waals surface area (Å²) in [6.45, 7) is 12.0. The average Bonchev–Trinajstić information content (AvgIpc) is 2.38. The fraction of sp³-hybridized carbons (Fsp3) is 0.600. The predicted octanol–water partition coefficient (Wildman–Crippen LogP) is 2.76. The number of nitro benzene ring substituents is 1. The van der Waals surface area contributed by atoms with Crippen molar-refractivity contribution in [2.75, 3.05) is 37.6 Å². The molecule has 1 aromatic rings. The predicted molar refractivity (Wildman–Crippen MR) is 81.2 cm³/mol. The van der Waals surface area contributed by atoms with Gasteiger partial charge in [-0.05, 0) is 17.5 Å². The summed E-state index contributed by atoms with van der Waals surface area (Å²) in [4.78, 5) is 15.1. The first-order chi connectivity index (χ1) is 9.35. The van der Waals surface area contributed by atoms with Crippen molar-refractivity contribution >= 4 is 11.4 Å². The van der Waals surface area contributed by atoms with E-state index in [-0.39, 0.29) is 10.6 Å². The van der Waals surface area contributed by atoms with E-state index in [1.54, 1.807) is 12.1 Å². The van der Waals surface area contributed by atoms with E-state index >= 15 is 0 Å². The molecule has 1 saturated heterocycles. The summed E-state index contributed by atoms with van der Waals surface area (Å²) in [5, 5.41) is 10.6. The van der Waals surface area contributed by atoms with Crippen molar-refractivity contribution in [2.45, 2.75) is 20.8 Å². The van der Waals surface area contributed by atoms with Gasteiger partial charge in [-0.2, -0.15) is 0 Å². The van der Waals surface area contributed by atoms with E-state index < -0.39 is 0 Å². The first-order valence-corrected chi connectivity index (χ1v) is 7.07. The Kier molecular flexibility index (Phi) is 4.28. The number of nitrogens with zero attached hydrogens (tertiary/aromatic N) is 3. The molecular weight excluding hydrogens is 254 g/mol. The number of anilines is 1. The van der Waals surface area contributed by atoms with E-state index in [2.05, 4.69) is 30.6 Å². The van der Waals surface area contributed by atoms with Crippen molar-refractivity contribution in [3.8, 4) is 0 Å². The third kappa shape index (κ3) is 3.93. The SMILES string of the molecule is CC(C)(C)CN1CCN(c2ccc([N+](=O)[O-])cc2)CC1. The maximum Gasteiger partial charge on any atom is 0.269 e. The van der Waals surface area contributed by atoms with Crippen molar-refractivity contribution in [1.29, 1.82) is 0 Å². The molecule has 0 amide bonds. The van der Waals surface area contributed by atoms with E-state index in [1.807, 2.05) is 12.1 Å². The molecule has 1 heterocycles. The van der Waals surface area contributed by atoms with Gasteiger partial charge in [-0.1, -0.05) is 20.8 Å². The Labute approximate surface area is 120 Å². The van der Waals surface area contributed by atoms with E-state index in [4.69, 9.17) is 0 Å². The summed E-state index contributed by atoms with van der Waals surface area (Å²) < 4.78 is 0. The van der Waals surface area contributed by atoms with Gasteiger partial charge in [0.1, 0.15) is 0 Å². The third-order valence-electron chi connectivity index (χ3n) is 3.50. The Balaban J connectivity index is 1.92. The molecule has 5 heteroatoms. The van der Waals surface area contributed by atoms with Gasteiger partial charge in [0, 0.05) is 50.5 Å². The highest BCUT2D eigenvalue weighted by atomic mass is 16.6. The van der Waals surface area contributed by atoms with Crippen LogP contribution in [0.1, 0.15) is 20.8 Å². The highest BCUT2D eigenvalue weighted by molar-refractivity contribution is 5.51. The van der Waals surface area contributed by atoms with Crippen molar-refractivity contribution in [3.63, 3.8) is 0 Å². The van der Waals surface area contributed by atoms with Crippen LogP contribution in [0.15, 0.2) is 24.3 Å². The van der Waals surface area contributed by atoms with Crippen LogP contribution in [0.3, 0.4) is 0 Å². The highest BCUT2D eigenvalue weighted by Gasteiger charge is 2.21. The molecule has 20 heavy (non-hydrogen) atoms. The quantitative estimate of drug-likeness (QED) is 0.629. The van der Waals surface area contributed by atoms with Gasteiger partial charge in [0.15, 0.2) is 0 Å². The van der Waals surface area contributed by atoms with E-state index in [0.29, 0.717) is 5.41 Å². The van der Waals surface area contributed by atoms with Crippen LogP contribution in [0.5, 0.6) is 0 Å². The molecule has 0 saturated carbocycles. The van der Waals surface area contributed by atoms with Crippen molar-refractivity contribution in [3.05, 3.63) is 34.4 Å². The summed E-state index contributed by atoms with van der Waals surface area (Å²) in [6, 6.07) is 6.85. The Morgan fingerprint density at radius 1 is 1.10 bits per heavy atom. The molecule has 1 aliphatic heterocycles. The lowest BCUT2D eigenvalue weighted by Gasteiger charge is -2.38. The topological polar surface area (TPSA) is 49.6 Å². The molecule has 1 aliphatic rings. The minimum Gasteiger partial charge on any atom is -0.369 e. The fourth-order valence-electron chi connectivity index (χ4n) is 2.62. The van der Waals surface area contributed by atoms with Gasteiger partial charge < -0.3 is 4.90 Å². The highest BCUT2D eigenvalue weighted by Crippen LogP contribution is 2.22. The van der Waals surface area contributed by atoms with E-state index in [9.17, 15) is 10.1 Å². The Hall–Kier alpha value is -1.62. The fourth-order valence-corrected chi connectivity index (χ4v) is 2.62. The van der Waals surface area contributed by atoms with Crippen molar-refractivity contribution in [2.24, 2.45) is 5.41 Å². The summed E-state index contributed by atoms with van der Waals surface area (Å²) in [5.41, 5.74) is 1.56. The van der Waals surface area contributed by atoms with Crippen LogP contribution in [0.2, 0.25) is 0 Å². The first-order valence-electron chi connectivity index (χ1n) is 7.07. The number of nitro groups is 1. The van der Waals surface area contributed by atoms with Crippen LogP contribution in [-0.4, -0.2) is 42.5 Å². The van der Waals surface area contributed by atoms with Gasteiger partial charge in [-0.15, -0.1) is 0 Å². The van der Waals surface area contributed by atoms with Crippen LogP contribution in [-0.2, 0) is 0 Å². The maximum absolute atomic E-state index is 10.6. The lowest BCUT2D eigenvalue weighted by molar-refractivity contribution is -0.384. The molecule has 0 N–H and O–H groups in total. The van der Waals surface area contributed by atoms with Crippen LogP contribution in [0.25, 0.3) is 0 Å². The minimum atomic E-state index is -0.356. The molecule has 2 rings (SSSR count). The number of non-ortho nitro benzene ring substituents is 1. The second-order valence-electron chi connectivity index (χ2n) is 6.60. The molecule has 1 fully saturated rings. The molecular formula is C15H23N3O2. The summed E-state index contributed by atoms with van der Waals surface area (Å²) in [7, 11) is 0. The standard InChI is InChI=1S/C15H23N3O2/c1-15(2,3)12-16-8-10-17(11-9-16)13-4-6-14(7-5-13)18(19)20/h4-7H,8-12H2,1-3H3. The largest absolute Gasteiger partial charge is 0.369 e. The van der Waals surface area contributed by atoms with Crippen LogP contribution < -0.4 is 4.90 Å². The third-order valence-corrected chi connectivity index (χ3v) is 3.50. The van der Waals surface area contributed by atoms with E-state index in [1.165, 1.54) is 0 Å². The van der Waals surface area contributed by atoms with E-state index in [0.717, 1.165) is 38.4 Å². The lowest BCUT2D eigenvalue weighted by Crippen LogP contribution is -2.48. The Bertz CT molecular complexity index is 457. The van der Waals surface area contributed by atoms with Gasteiger partial charge in [-0.25, -0.2) is 0 Å². The number of rotatable bonds is 3. The second-order valence-corrected chi connectivity index (χ2v) is 6.60. The Morgan fingerprint density at radius 3 is 2.10 bits per heavy atom. The normalized spacial score (nSPS) is 17.2. The number of benzene rings is 1. The van der Waals surface area contributed by atoms with Crippen molar-refractivity contribution in [1.82, 2.24) is 4.90 Å². The molecule has 0 bridgehead atoms. The molecule has 0 radical (unpaired) electrons. The summed E-state index contributed by atoms with van der Waals surface area (Å²) in [6.07, 6.45) is 0. The summed E-state index contributed by atoms with van der Waals surface area (Å²) >= 11 is 0. The first kappa shape index (κ1) is 14.8. The summed E-state index contributed by atoms with van der Waals surface area (Å²) in [5.74, 6) is 0. The second kappa shape index (κ2) is 5.79. The van der Waals surface area contributed by atoms with Gasteiger partial charge >= 0.3 is 0 Å². The molecule has 0 spiro atoms. The zero-order chi connectivity index (χ0) is 14.8. The Morgan fingerprint density at radius 2 is 1.65 bits per heavy atom. The van der Waals surface area contributed by atoms with Crippen LogP contribution >= 0.6 is 0 Å².